The van der Waals surface area contributed by atoms with Crippen LogP contribution >= 0.6 is 23.2 Å². The Balaban J connectivity index is 1.32. The van der Waals surface area contributed by atoms with E-state index in [2.05, 4.69) is 15.4 Å². The maximum Gasteiger partial charge on any atom is 0.293 e. The van der Waals surface area contributed by atoms with Crippen LogP contribution < -0.4 is 10.1 Å². The van der Waals surface area contributed by atoms with Gasteiger partial charge in [0.2, 0.25) is 5.95 Å². The molecule has 0 aliphatic rings. The number of rotatable bonds is 8. The number of amides is 1. The van der Waals surface area contributed by atoms with Crippen molar-refractivity contribution in [3.8, 4) is 5.75 Å². The van der Waals surface area contributed by atoms with E-state index in [-0.39, 0.29) is 24.0 Å². The number of nitro benzene ring substituents is 1. The monoisotopic (exact) mass is 487 g/mol. The molecule has 0 spiro atoms. The zero-order valence-electron chi connectivity index (χ0n) is 16.8. The molecule has 4 aromatic rings. The first-order valence-electron chi connectivity index (χ1n) is 9.48. The Hall–Kier alpha value is -3.89. The minimum atomic E-state index is -0.524. The maximum atomic E-state index is 12.4. The van der Waals surface area contributed by atoms with E-state index < -0.39 is 10.8 Å². The molecule has 2 heterocycles. The van der Waals surface area contributed by atoms with E-state index in [1.165, 1.54) is 36.7 Å². The van der Waals surface area contributed by atoms with E-state index in [0.717, 1.165) is 5.56 Å². The van der Waals surface area contributed by atoms with Crippen LogP contribution in [-0.2, 0) is 13.2 Å². The molecule has 2 aromatic heterocycles. The Labute approximate surface area is 196 Å². The normalized spacial score (nSPS) is 10.7. The van der Waals surface area contributed by atoms with Crippen LogP contribution in [0.2, 0.25) is 10.0 Å². The highest BCUT2D eigenvalue weighted by atomic mass is 35.5. The van der Waals surface area contributed by atoms with Gasteiger partial charge in [0.05, 0.1) is 21.5 Å². The van der Waals surface area contributed by atoms with E-state index in [1.54, 1.807) is 22.9 Å². The molecule has 0 unspecified atom stereocenters. The molecule has 0 saturated heterocycles. The van der Waals surface area contributed by atoms with Gasteiger partial charge in [0, 0.05) is 12.1 Å². The molecule has 0 atom stereocenters. The van der Waals surface area contributed by atoms with Gasteiger partial charge in [-0.3, -0.25) is 20.2 Å². The number of hydrogen-bond acceptors (Lipinski definition) is 7. The van der Waals surface area contributed by atoms with Crippen LogP contribution in [-0.4, -0.2) is 25.6 Å². The standard InChI is InChI=1S/C21H15Cl2N5O5/c22-17-7-1-13(9-18(17)23)10-27-12-24-21(26-27)25-20(29)19-8-6-16(33-19)11-32-15-4-2-14(3-5-15)28(30)31/h1-9,12H,10-11H2,(H,25,26,29). The van der Waals surface area contributed by atoms with Crippen molar-refractivity contribution in [3.05, 3.63) is 98.2 Å². The molecule has 2 aromatic carbocycles. The Morgan fingerprint density at radius 3 is 2.64 bits per heavy atom. The number of hydrogen-bond donors (Lipinski definition) is 1. The number of carbonyl (C=O) groups excluding carboxylic acids is 1. The van der Waals surface area contributed by atoms with Crippen molar-refractivity contribution < 1.29 is 18.9 Å². The van der Waals surface area contributed by atoms with E-state index in [9.17, 15) is 14.9 Å². The van der Waals surface area contributed by atoms with Crippen molar-refractivity contribution in [2.24, 2.45) is 0 Å². The minimum absolute atomic E-state index is 0.0349. The van der Waals surface area contributed by atoms with Gasteiger partial charge >= 0.3 is 0 Å². The molecule has 0 radical (unpaired) electrons. The summed E-state index contributed by atoms with van der Waals surface area (Å²) < 4.78 is 12.6. The Bertz CT molecular complexity index is 1300. The summed E-state index contributed by atoms with van der Waals surface area (Å²) in [4.78, 5) is 26.7. The number of anilines is 1. The lowest BCUT2D eigenvalue weighted by molar-refractivity contribution is -0.384. The van der Waals surface area contributed by atoms with Gasteiger partial charge in [-0.05, 0) is 42.0 Å². The van der Waals surface area contributed by atoms with E-state index in [0.29, 0.717) is 28.1 Å². The number of aromatic nitrogens is 3. The zero-order valence-corrected chi connectivity index (χ0v) is 18.3. The van der Waals surface area contributed by atoms with Gasteiger partial charge < -0.3 is 9.15 Å². The van der Waals surface area contributed by atoms with E-state index >= 15 is 0 Å². The number of halogens is 2. The quantitative estimate of drug-likeness (QED) is 0.274. The highest BCUT2D eigenvalue weighted by molar-refractivity contribution is 6.42. The third-order valence-electron chi connectivity index (χ3n) is 4.40. The predicted octanol–water partition coefficient (Wildman–Crippen LogP) is 4.97. The third kappa shape index (κ3) is 5.68. The molecule has 0 aliphatic carbocycles. The van der Waals surface area contributed by atoms with Crippen LogP contribution in [0.25, 0.3) is 0 Å². The second-order valence-electron chi connectivity index (χ2n) is 6.77. The lowest BCUT2D eigenvalue weighted by Gasteiger charge is -2.04. The highest BCUT2D eigenvalue weighted by Gasteiger charge is 2.14. The molecule has 0 bridgehead atoms. The summed E-state index contributed by atoms with van der Waals surface area (Å²) >= 11 is 11.9. The van der Waals surface area contributed by atoms with Crippen molar-refractivity contribution in [2.45, 2.75) is 13.2 Å². The van der Waals surface area contributed by atoms with Gasteiger partial charge in [0.15, 0.2) is 5.76 Å². The van der Waals surface area contributed by atoms with Crippen molar-refractivity contribution >= 4 is 40.7 Å². The first kappa shape index (κ1) is 22.3. The van der Waals surface area contributed by atoms with Crippen molar-refractivity contribution in [1.82, 2.24) is 14.8 Å². The first-order chi connectivity index (χ1) is 15.9. The number of furan rings is 1. The molecule has 33 heavy (non-hydrogen) atoms. The maximum absolute atomic E-state index is 12.4. The fourth-order valence-electron chi connectivity index (χ4n) is 2.81. The molecule has 12 heteroatoms. The van der Waals surface area contributed by atoms with Crippen LogP contribution in [0.15, 0.2) is 65.3 Å². The number of ether oxygens (including phenoxy) is 1. The summed E-state index contributed by atoms with van der Waals surface area (Å²) in [5.74, 6) is 0.471. The summed E-state index contributed by atoms with van der Waals surface area (Å²) in [7, 11) is 0. The molecular weight excluding hydrogens is 473 g/mol. The zero-order chi connectivity index (χ0) is 23.4. The molecule has 10 nitrogen and oxygen atoms in total. The van der Waals surface area contributed by atoms with Crippen molar-refractivity contribution in [1.29, 1.82) is 0 Å². The lowest BCUT2D eigenvalue weighted by atomic mass is 10.2. The van der Waals surface area contributed by atoms with Crippen molar-refractivity contribution in [3.63, 3.8) is 0 Å². The third-order valence-corrected chi connectivity index (χ3v) is 5.14. The van der Waals surface area contributed by atoms with Gasteiger partial charge in [-0.2, -0.15) is 0 Å². The average molecular weight is 488 g/mol. The number of nitrogens with zero attached hydrogens (tertiary/aromatic N) is 4. The largest absolute Gasteiger partial charge is 0.486 e. The summed E-state index contributed by atoms with van der Waals surface area (Å²) in [6.45, 7) is 0.437. The van der Waals surface area contributed by atoms with Crippen LogP contribution in [0.1, 0.15) is 21.9 Å². The fourth-order valence-corrected chi connectivity index (χ4v) is 3.13. The molecule has 4 rings (SSSR count). The summed E-state index contributed by atoms with van der Waals surface area (Å²) in [6.07, 6.45) is 1.48. The highest BCUT2D eigenvalue weighted by Crippen LogP contribution is 2.23. The van der Waals surface area contributed by atoms with Crippen LogP contribution in [0.4, 0.5) is 11.6 Å². The Morgan fingerprint density at radius 1 is 1.12 bits per heavy atom. The average Bonchev–Trinajstić information content (AvgIpc) is 3.45. The number of nitrogens with one attached hydrogen (secondary N) is 1. The number of carbonyl (C=O) groups is 1. The molecule has 168 valence electrons. The SMILES string of the molecule is O=C(Nc1ncn(Cc2ccc(Cl)c(Cl)c2)n1)c1ccc(COc2ccc([N+](=O)[O-])cc2)o1. The molecule has 0 saturated carbocycles. The van der Waals surface area contributed by atoms with E-state index in [4.69, 9.17) is 32.4 Å². The predicted molar refractivity (Wildman–Crippen MR) is 120 cm³/mol. The molecule has 1 amide bonds. The van der Waals surface area contributed by atoms with E-state index in [1.807, 2.05) is 6.07 Å². The first-order valence-corrected chi connectivity index (χ1v) is 10.2. The summed E-state index contributed by atoms with van der Waals surface area (Å²) in [5, 5.41) is 18.4. The smallest absolute Gasteiger partial charge is 0.293 e. The van der Waals surface area contributed by atoms with Gasteiger partial charge in [0.1, 0.15) is 24.4 Å². The van der Waals surface area contributed by atoms with Gasteiger partial charge in [0.25, 0.3) is 11.6 Å². The second-order valence-corrected chi connectivity index (χ2v) is 7.59. The van der Waals surface area contributed by atoms with Crippen LogP contribution in [0, 0.1) is 10.1 Å². The fraction of sp³-hybridized carbons (Fsp3) is 0.0952. The van der Waals surface area contributed by atoms with Crippen LogP contribution in [0.3, 0.4) is 0 Å². The van der Waals surface area contributed by atoms with Gasteiger partial charge in [-0.15, -0.1) is 5.10 Å². The minimum Gasteiger partial charge on any atom is -0.486 e. The van der Waals surface area contributed by atoms with Gasteiger partial charge in [-0.25, -0.2) is 9.67 Å². The summed E-state index contributed by atoms with van der Waals surface area (Å²) in [5.41, 5.74) is 0.836. The Morgan fingerprint density at radius 2 is 1.91 bits per heavy atom. The molecule has 0 aliphatic heterocycles. The lowest BCUT2D eigenvalue weighted by Crippen LogP contribution is -2.12. The number of benzene rings is 2. The topological polar surface area (TPSA) is 125 Å². The van der Waals surface area contributed by atoms with Gasteiger partial charge in [-0.1, -0.05) is 29.3 Å². The number of non-ortho nitro benzene ring substituents is 1. The Kier molecular flexibility index (Phi) is 6.57. The molecule has 0 fully saturated rings. The second kappa shape index (κ2) is 9.72. The summed E-state index contributed by atoms with van der Waals surface area (Å²) in [6, 6.07) is 14.0. The molecule has 1 N–H and O–H groups in total. The van der Waals surface area contributed by atoms with Crippen LogP contribution in [0.5, 0.6) is 5.75 Å². The van der Waals surface area contributed by atoms with Crippen molar-refractivity contribution in [2.75, 3.05) is 5.32 Å². The molecular formula is C21H15Cl2N5O5. The number of nitro groups is 1.